The number of esters is 2. The molecule has 38 heavy (non-hydrogen) atoms. The highest BCUT2D eigenvalue weighted by molar-refractivity contribution is 6.02. The molecule has 0 bridgehead atoms. The Morgan fingerprint density at radius 1 is 0.605 bits per heavy atom. The normalized spacial score (nSPS) is 10.5. The summed E-state index contributed by atoms with van der Waals surface area (Å²) in [6.07, 6.45) is 2.29. The second-order valence-electron chi connectivity index (χ2n) is 8.41. The second-order valence-corrected chi connectivity index (χ2v) is 8.41. The molecule has 0 aromatic heterocycles. The van der Waals surface area contributed by atoms with Gasteiger partial charge < -0.3 is 18.9 Å². The Labute approximate surface area is 221 Å². The van der Waals surface area contributed by atoms with E-state index in [9.17, 15) is 9.59 Å². The average molecular weight is 509 g/mol. The van der Waals surface area contributed by atoms with Gasteiger partial charge in [-0.05, 0) is 46.5 Å². The molecule has 0 aliphatic rings. The summed E-state index contributed by atoms with van der Waals surface area (Å²) in [5, 5.41) is 1.84. The molecule has 0 N–H and O–H groups in total. The van der Waals surface area contributed by atoms with Crippen molar-refractivity contribution in [1.82, 2.24) is 0 Å². The Bertz CT molecular complexity index is 1370. The topological polar surface area (TPSA) is 71.1 Å². The van der Waals surface area contributed by atoms with Crippen LogP contribution in [0.25, 0.3) is 33.0 Å². The van der Waals surface area contributed by atoms with E-state index in [0.29, 0.717) is 0 Å². The van der Waals surface area contributed by atoms with Crippen LogP contribution in [0, 0.1) is 0 Å². The van der Waals surface area contributed by atoms with Crippen LogP contribution in [0.5, 0.6) is 11.5 Å². The van der Waals surface area contributed by atoms with Gasteiger partial charge in [-0.25, -0.2) is 9.59 Å². The third-order valence-electron chi connectivity index (χ3n) is 6.14. The number of carbonyl (C=O) groups excluding carboxylic acids is 2. The van der Waals surface area contributed by atoms with Crippen molar-refractivity contribution < 1.29 is 28.5 Å². The van der Waals surface area contributed by atoms with Crippen molar-refractivity contribution in [3.8, 4) is 33.8 Å². The standard InChI is InChI=1S/C32H28O6/c1-5-29(33)37-19-21-7-11-23(12-8-21)25-15-17-28-27(31(25)35-3)18-16-26(32(28)36-4)24-13-9-22(10-14-24)20-38-30(34)6-2/h5-18H,1-2,19-20H2,3-4H3. The van der Waals surface area contributed by atoms with Gasteiger partial charge in [-0.3, -0.25) is 0 Å². The lowest BCUT2D eigenvalue weighted by Gasteiger charge is -2.17. The summed E-state index contributed by atoms with van der Waals surface area (Å²) >= 11 is 0. The predicted molar refractivity (Wildman–Crippen MR) is 148 cm³/mol. The molecule has 4 aromatic carbocycles. The Hall–Kier alpha value is -4.84. The number of fused-ring (bicyclic) bond motifs is 1. The first-order valence-corrected chi connectivity index (χ1v) is 11.9. The van der Waals surface area contributed by atoms with E-state index in [1.807, 2.05) is 72.8 Å². The van der Waals surface area contributed by atoms with Gasteiger partial charge >= 0.3 is 11.9 Å². The first-order chi connectivity index (χ1) is 18.5. The number of hydrogen-bond donors (Lipinski definition) is 0. The van der Waals surface area contributed by atoms with Gasteiger partial charge in [0.05, 0.1) is 14.2 Å². The van der Waals surface area contributed by atoms with Crippen LogP contribution in [0.15, 0.2) is 98.1 Å². The lowest BCUT2D eigenvalue weighted by Crippen LogP contribution is -2.00. The summed E-state index contributed by atoms with van der Waals surface area (Å²) < 4.78 is 22.0. The summed E-state index contributed by atoms with van der Waals surface area (Å²) in [4.78, 5) is 22.7. The second kappa shape index (κ2) is 11.9. The van der Waals surface area contributed by atoms with Gasteiger partial charge in [0, 0.05) is 34.1 Å². The van der Waals surface area contributed by atoms with Gasteiger partial charge in [-0.1, -0.05) is 61.7 Å². The van der Waals surface area contributed by atoms with Crippen LogP contribution in [0.1, 0.15) is 11.1 Å². The molecule has 0 amide bonds. The van der Waals surface area contributed by atoms with E-state index in [-0.39, 0.29) is 13.2 Å². The quantitative estimate of drug-likeness (QED) is 0.176. The van der Waals surface area contributed by atoms with Crippen LogP contribution in [-0.4, -0.2) is 26.2 Å². The first kappa shape index (κ1) is 26.2. The Balaban J connectivity index is 1.66. The van der Waals surface area contributed by atoms with Crippen LogP contribution < -0.4 is 9.47 Å². The minimum absolute atomic E-state index is 0.181. The first-order valence-electron chi connectivity index (χ1n) is 11.9. The smallest absolute Gasteiger partial charge is 0.330 e. The van der Waals surface area contributed by atoms with E-state index in [0.717, 1.165) is 67.8 Å². The van der Waals surface area contributed by atoms with Gasteiger partial charge in [-0.15, -0.1) is 0 Å². The van der Waals surface area contributed by atoms with Crippen molar-refractivity contribution in [2.24, 2.45) is 0 Å². The van der Waals surface area contributed by atoms with Crippen LogP contribution in [0.2, 0.25) is 0 Å². The lowest BCUT2D eigenvalue weighted by atomic mass is 9.94. The van der Waals surface area contributed by atoms with Crippen LogP contribution >= 0.6 is 0 Å². The van der Waals surface area contributed by atoms with Crippen molar-refractivity contribution in [3.05, 3.63) is 109 Å². The number of carbonyl (C=O) groups is 2. The molecule has 0 saturated heterocycles. The zero-order chi connectivity index (χ0) is 27.1. The minimum atomic E-state index is -0.455. The zero-order valence-electron chi connectivity index (χ0n) is 21.4. The third-order valence-corrected chi connectivity index (χ3v) is 6.14. The third kappa shape index (κ3) is 5.60. The summed E-state index contributed by atoms with van der Waals surface area (Å²) in [7, 11) is 3.30. The molecular weight excluding hydrogens is 480 g/mol. The zero-order valence-corrected chi connectivity index (χ0v) is 21.4. The molecule has 6 nitrogen and oxygen atoms in total. The summed E-state index contributed by atoms with van der Waals surface area (Å²) in [6.45, 7) is 7.18. The molecule has 0 unspecified atom stereocenters. The molecule has 0 atom stereocenters. The molecule has 0 fully saturated rings. The average Bonchev–Trinajstić information content (AvgIpc) is 2.97. The van der Waals surface area contributed by atoms with Crippen molar-refractivity contribution in [2.75, 3.05) is 14.2 Å². The largest absolute Gasteiger partial charge is 0.495 e. The molecule has 0 aliphatic heterocycles. The number of hydrogen-bond acceptors (Lipinski definition) is 6. The van der Waals surface area contributed by atoms with Gasteiger partial charge in [0.15, 0.2) is 0 Å². The van der Waals surface area contributed by atoms with Gasteiger partial charge in [0.1, 0.15) is 24.7 Å². The maximum atomic E-state index is 11.3. The van der Waals surface area contributed by atoms with Crippen LogP contribution in [-0.2, 0) is 32.3 Å². The number of methoxy groups -OCH3 is 2. The van der Waals surface area contributed by atoms with E-state index in [1.165, 1.54) is 0 Å². The van der Waals surface area contributed by atoms with Crippen molar-refractivity contribution in [3.63, 3.8) is 0 Å². The molecule has 4 rings (SSSR count). The highest BCUT2D eigenvalue weighted by atomic mass is 16.5. The summed E-state index contributed by atoms with van der Waals surface area (Å²) in [6, 6.07) is 23.6. The SMILES string of the molecule is C=CC(=O)OCc1ccc(-c2ccc3c(OC)c(-c4ccc(COC(=O)C=C)cc4)ccc3c2OC)cc1. The molecule has 4 aromatic rings. The Kier molecular flexibility index (Phi) is 8.23. The fourth-order valence-electron chi connectivity index (χ4n) is 4.23. The number of benzene rings is 4. The molecule has 6 heteroatoms. The van der Waals surface area contributed by atoms with Crippen molar-refractivity contribution in [2.45, 2.75) is 13.2 Å². The number of ether oxygens (including phenoxy) is 4. The van der Waals surface area contributed by atoms with E-state index in [2.05, 4.69) is 13.2 Å². The highest BCUT2D eigenvalue weighted by Crippen LogP contribution is 2.43. The molecular formula is C32H28O6. The Morgan fingerprint density at radius 3 is 1.29 bits per heavy atom. The van der Waals surface area contributed by atoms with Crippen LogP contribution in [0.3, 0.4) is 0 Å². The molecule has 192 valence electrons. The monoisotopic (exact) mass is 508 g/mol. The van der Waals surface area contributed by atoms with Gasteiger partial charge in [-0.2, -0.15) is 0 Å². The van der Waals surface area contributed by atoms with E-state index >= 15 is 0 Å². The van der Waals surface area contributed by atoms with E-state index in [1.54, 1.807) is 14.2 Å². The summed E-state index contributed by atoms with van der Waals surface area (Å²) in [5.41, 5.74) is 5.56. The molecule has 0 spiro atoms. The lowest BCUT2D eigenvalue weighted by molar-refractivity contribution is -0.139. The minimum Gasteiger partial charge on any atom is -0.495 e. The number of rotatable bonds is 10. The van der Waals surface area contributed by atoms with Crippen molar-refractivity contribution >= 4 is 22.7 Å². The van der Waals surface area contributed by atoms with Crippen LogP contribution in [0.4, 0.5) is 0 Å². The highest BCUT2D eigenvalue weighted by Gasteiger charge is 2.17. The molecule has 0 heterocycles. The Morgan fingerprint density at radius 2 is 0.974 bits per heavy atom. The van der Waals surface area contributed by atoms with E-state index < -0.39 is 11.9 Å². The van der Waals surface area contributed by atoms with E-state index in [4.69, 9.17) is 18.9 Å². The fraction of sp³-hybridized carbons (Fsp3) is 0.125. The predicted octanol–water partition coefficient (Wildman–Crippen LogP) is 6.65. The molecule has 0 saturated carbocycles. The van der Waals surface area contributed by atoms with Gasteiger partial charge in [0.25, 0.3) is 0 Å². The maximum Gasteiger partial charge on any atom is 0.330 e. The van der Waals surface area contributed by atoms with Crippen molar-refractivity contribution in [1.29, 1.82) is 0 Å². The molecule has 0 aliphatic carbocycles. The maximum absolute atomic E-state index is 11.3. The summed E-state index contributed by atoms with van der Waals surface area (Å²) in [5.74, 6) is 0.558. The molecule has 0 radical (unpaired) electrons. The fourth-order valence-corrected chi connectivity index (χ4v) is 4.23. The van der Waals surface area contributed by atoms with Gasteiger partial charge in [0.2, 0.25) is 0 Å².